The highest BCUT2D eigenvalue weighted by Crippen LogP contribution is 1.94. The van der Waals surface area contributed by atoms with Gasteiger partial charge in [0.05, 0.1) is 0 Å². The number of nitrogens with two attached hydrogens (primary N) is 3. The smallest absolute Gasteiger partial charge is 0.320 e. The van der Waals surface area contributed by atoms with Crippen molar-refractivity contribution >= 4 is 11.9 Å². The minimum atomic E-state index is -1.00. The molecule has 0 aromatic carbocycles. The second-order valence-electron chi connectivity index (χ2n) is 3.30. The maximum atomic E-state index is 10.2. The molecular formula is C10H18N6O2. The molecule has 1 rings (SSSR count). The van der Waals surface area contributed by atoms with Gasteiger partial charge >= 0.3 is 5.97 Å². The second kappa shape index (κ2) is 9.97. The summed E-state index contributed by atoms with van der Waals surface area (Å²) in [5.41, 5.74) is 15.3. The van der Waals surface area contributed by atoms with Crippen LogP contribution in [0.3, 0.4) is 0 Å². The van der Waals surface area contributed by atoms with Gasteiger partial charge in [-0.3, -0.25) is 9.79 Å². The minimum absolute atomic E-state index is 0.0129. The molecule has 0 aliphatic rings. The first kappa shape index (κ1) is 15.8. The molecule has 0 amide bonds. The highest BCUT2D eigenvalue weighted by atomic mass is 16.4. The van der Waals surface area contributed by atoms with E-state index in [4.69, 9.17) is 22.3 Å². The Labute approximate surface area is 105 Å². The van der Waals surface area contributed by atoms with Crippen molar-refractivity contribution in [1.82, 2.24) is 9.97 Å². The van der Waals surface area contributed by atoms with Crippen LogP contribution in [0.25, 0.3) is 0 Å². The van der Waals surface area contributed by atoms with Crippen LogP contribution in [0.15, 0.2) is 29.8 Å². The van der Waals surface area contributed by atoms with Crippen LogP contribution in [0.1, 0.15) is 12.8 Å². The molecule has 0 fully saturated rings. The number of aliphatic imine (C=N–C) groups is 1. The molecule has 0 radical (unpaired) electrons. The van der Waals surface area contributed by atoms with Crippen molar-refractivity contribution in [3.8, 4) is 0 Å². The zero-order chi connectivity index (χ0) is 13.8. The largest absolute Gasteiger partial charge is 0.480 e. The van der Waals surface area contributed by atoms with Crippen LogP contribution in [-0.2, 0) is 4.79 Å². The molecule has 7 N–H and O–H groups in total. The number of carbonyl (C=O) groups is 1. The van der Waals surface area contributed by atoms with E-state index in [1.165, 1.54) is 6.33 Å². The van der Waals surface area contributed by atoms with Crippen molar-refractivity contribution in [2.45, 2.75) is 18.9 Å². The van der Waals surface area contributed by atoms with Crippen molar-refractivity contribution in [2.75, 3.05) is 6.54 Å². The van der Waals surface area contributed by atoms with Crippen LogP contribution in [0.2, 0.25) is 0 Å². The lowest BCUT2D eigenvalue weighted by atomic mass is 10.2. The van der Waals surface area contributed by atoms with Gasteiger partial charge in [0, 0.05) is 18.9 Å². The number of carboxylic acid groups (broad SMARTS) is 1. The van der Waals surface area contributed by atoms with E-state index >= 15 is 0 Å². The zero-order valence-corrected chi connectivity index (χ0v) is 9.94. The molecule has 8 heteroatoms. The van der Waals surface area contributed by atoms with E-state index < -0.39 is 12.0 Å². The van der Waals surface area contributed by atoms with Crippen molar-refractivity contribution in [3.05, 3.63) is 24.8 Å². The zero-order valence-electron chi connectivity index (χ0n) is 9.94. The summed E-state index contributed by atoms with van der Waals surface area (Å²) in [5, 5.41) is 8.38. The highest BCUT2D eigenvalue weighted by Gasteiger charge is 2.09. The van der Waals surface area contributed by atoms with Gasteiger partial charge in [-0.25, -0.2) is 9.97 Å². The Kier molecular flexibility index (Phi) is 8.74. The molecule has 0 aliphatic carbocycles. The highest BCUT2D eigenvalue weighted by molar-refractivity contribution is 5.75. The fourth-order valence-electron chi connectivity index (χ4n) is 0.896. The topological polar surface area (TPSA) is 154 Å². The number of rotatable bonds is 5. The third kappa shape index (κ3) is 10.3. The average Bonchev–Trinajstić information content (AvgIpc) is 2.37. The van der Waals surface area contributed by atoms with Crippen LogP contribution < -0.4 is 17.2 Å². The van der Waals surface area contributed by atoms with Crippen LogP contribution in [0.4, 0.5) is 0 Å². The summed E-state index contributed by atoms with van der Waals surface area (Å²) in [6.45, 7) is 0.420. The molecule has 0 spiro atoms. The quantitative estimate of drug-likeness (QED) is 0.296. The SMILES string of the molecule is NC(N)=NCCCC(N)C(=O)O.c1cncnc1. The van der Waals surface area contributed by atoms with E-state index in [0.29, 0.717) is 19.4 Å². The standard InChI is InChI=1S/C6H14N4O2.C4H4N2/c7-4(5(11)12)2-1-3-10-6(8)9;1-2-5-4-6-3-1/h4H,1-3,7H2,(H,11,12)(H4,8,9,10);1-4H. The van der Waals surface area contributed by atoms with Gasteiger partial charge in [0.25, 0.3) is 0 Å². The fourth-order valence-corrected chi connectivity index (χ4v) is 0.896. The molecule has 1 unspecified atom stereocenters. The van der Waals surface area contributed by atoms with Gasteiger partial charge in [-0.15, -0.1) is 0 Å². The number of nitrogens with zero attached hydrogens (tertiary/aromatic N) is 3. The second-order valence-corrected chi connectivity index (χ2v) is 3.30. The number of aromatic nitrogens is 2. The fraction of sp³-hybridized carbons (Fsp3) is 0.400. The van der Waals surface area contributed by atoms with Crippen LogP contribution in [0, 0.1) is 0 Å². The van der Waals surface area contributed by atoms with Gasteiger partial charge in [-0.05, 0) is 18.9 Å². The predicted octanol–water partition coefficient (Wildman–Crippen LogP) is -1.07. The molecule has 8 nitrogen and oxygen atoms in total. The Bertz CT molecular complexity index is 326. The van der Waals surface area contributed by atoms with E-state index in [1.54, 1.807) is 18.5 Å². The Morgan fingerprint density at radius 2 is 1.94 bits per heavy atom. The van der Waals surface area contributed by atoms with Crippen LogP contribution in [0.5, 0.6) is 0 Å². The summed E-state index contributed by atoms with van der Waals surface area (Å²) < 4.78 is 0. The summed E-state index contributed by atoms with van der Waals surface area (Å²) in [6, 6.07) is 0.958. The minimum Gasteiger partial charge on any atom is -0.480 e. The first-order chi connectivity index (χ1) is 8.54. The van der Waals surface area contributed by atoms with Crippen molar-refractivity contribution in [2.24, 2.45) is 22.2 Å². The normalized spacial score (nSPS) is 10.7. The van der Waals surface area contributed by atoms with E-state index in [1.807, 2.05) is 0 Å². The number of guanidine groups is 1. The van der Waals surface area contributed by atoms with Crippen LogP contribution in [-0.4, -0.2) is 39.6 Å². The number of aliphatic carboxylic acids is 1. The van der Waals surface area contributed by atoms with E-state index in [0.717, 1.165) is 0 Å². The maximum absolute atomic E-state index is 10.2. The molecule has 1 aromatic heterocycles. The third-order valence-electron chi connectivity index (χ3n) is 1.76. The predicted molar refractivity (Wildman–Crippen MR) is 67.6 cm³/mol. The molecule has 1 atom stereocenters. The summed E-state index contributed by atoms with van der Waals surface area (Å²) in [5.74, 6) is -0.987. The molecule has 0 saturated carbocycles. The van der Waals surface area contributed by atoms with Crippen molar-refractivity contribution in [3.63, 3.8) is 0 Å². The number of hydrogen-bond donors (Lipinski definition) is 4. The molecule has 0 saturated heterocycles. The van der Waals surface area contributed by atoms with Gasteiger partial charge < -0.3 is 22.3 Å². The number of hydrogen-bond acceptors (Lipinski definition) is 5. The van der Waals surface area contributed by atoms with E-state index in [9.17, 15) is 4.79 Å². The lowest BCUT2D eigenvalue weighted by molar-refractivity contribution is -0.138. The van der Waals surface area contributed by atoms with Gasteiger partial charge in [0.2, 0.25) is 0 Å². The van der Waals surface area contributed by atoms with Gasteiger partial charge in [0.1, 0.15) is 12.4 Å². The van der Waals surface area contributed by atoms with Gasteiger partial charge in [0.15, 0.2) is 5.96 Å². The molecule has 100 valence electrons. The van der Waals surface area contributed by atoms with Crippen LogP contribution >= 0.6 is 0 Å². The molecule has 0 bridgehead atoms. The third-order valence-corrected chi connectivity index (χ3v) is 1.76. The summed E-state index contributed by atoms with van der Waals surface area (Å²) >= 11 is 0. The Balaban J connectivity index is 0.000000397. The first-order valence-corrected chi connectivity index (χ1v) is 5.27. The maximum Gasteiger partial charge on any atom is 0.320 e. The molecule has 18 heavy (non-hydrogen) atoms. The lowest BCUT2D eigenvalue weighted by Gasteiger charge is -2.03. The summed E-state index contributed by atoms with van der Waals surface area (Å²) in [6.07, 6.45) is 5.83. The van der Waals surface area contributed by atoms with Crippen molar-refractivity contribution in [1.29, 1.82) is 0 Å². The Morgan fingerprint density at radius 1 is 1.33 bits per heavy atom. The lowest BCUT2D eigenvalue weighted by Crippen LogP contribution is -2.30. The summed E-state index contributed by atoms with van der Waals surface area (Å²) in [4.78, 5) is 21.2. The molecule has 1 aromatic rings. The molecule has 1 heterocycles. The van der Waals surface area contributed by atoms with Gasteiger partial charge in [-0.2, -0.15) is 0 Å². The molecular weight excluding hydrogens is 236 g/mol. The van der Waals surface area contributed by atoms with E-state index in [-0.39, 0.29) is 5.96 Å². The first-order valence-electron chi connectivity index (χ1n) is 5.27. The monoisotopic (exact) mass is 254 g/mol. The average molecular weight is 254 g/mol. The molecule has 0 aliphatic heterocycles. The van der Waals surface area contributed by atoms with E-state index in [2.05, 4.69) is 15.0 Å². The van der Waals surface area contributed by atoms with Crippen molar-refractivity contribution < 1.29 is 9.90 Å². The number of carboxylic acids is 1. The summed E-state index contributed by atoms with van der Waals surface area (Å²) in [7, 11) is 0. The Morgan fingerprint density at radius 3 is 2.28 bits per heavy atom. The van der Waals surface area contributed by atoms with Gasteiger partial charge in [-0.1, -0.05) is 0 Å². The Hall–Kier alpha value is -2.22.